The van der Waals surface area contributed by atoms with E-state index in [0.29, 0.717) is 10.7 Å². The standard InChI is InChI=1S/C24H28ClN3O2/c1-4-5-6-8-17(2)27-24(29)22-15-26-16-28(22)20-10-7-9-18(13-20)21-14-19(25)11-12-23(21)30-3/h7,9-17H,4-6,8H2,1-3H3,(H,27,29)/t17-/m0/s1. The van der Waals surface area contributed by atoms with Crippen LogP contribution in [0.15, 0.2) is 55.0 Å². The molecule has 0 unspecified atom stereocenters. The fourth-order valence-corrected chi connectivity index (χ4v) is 3.64. The fourth-order valence-electron chi connectivity index (χ4n) is 3.47. The Bertz CT molecular complexity index is 1000. The molecule has 1 atom stereocenters. The van der Waals surface area contributed by atoms with Crippen LogP contribution < -0.4 is 10.1 Å². The molecule has 1 aromatic heterocycles. The Morgan fingerprint density at radius 1 is 1.23 bits per heavy atom. The third kappa shape index (κ3) is 5.22. The number of ether oxygens (including phenoxy) is 1. The number of amides is 1. The van der Waals surface area contributed by atoms with Crippen LogP contribution in [0.4, 0.5) is 0 Å². The molecule has 158 valence electrons. The number of nitrogens with zero attached hydrogens (tertiary/aromatic N) is 2. The van der Waals surface area contributed by atoms with Crippen LogP contribution in [0.25, 0.3) is 16.8 Å². The molecule has 2 aromatic carbocycles. The summed E-state index contributed by atoms with van der Waals surface area (Å²) >= 11 is 6.20. The number of methoxy groups -OCH3 is 1. The maximum Gasteiger partial charge on any atom is 0.270 e. The summed E-state index contributed by atoms with van der Waals surface area (Å²) in [6.07, 6.45) is 7.68. The second kappa shape index (κ2) is 10.3. The van der Waals surface area contributed by atoms with Gasteiger partial charge in [0.1, 0.15) is 11.4 Å². The number of carbonyl (C=O) groups excluding carboxylic acids is 1. The molecular formula is C24H28ClN3O2. The molecule has 1 N–H and O–H groups in total. The van der Waals surface area contributed by atoms with Crippen molar-refractivity contribution in [3.63, 3.8) is 0 Å². The van der Waals surface area contributed by atoms with Crippen molar-refractivity contribution in [3.8, 4) is 22.6 Å². The van der Waals surface area contributed by atoms with Crippen LogP contribution >= 0.6 is 11.6 Å². The largest absolute Gasteiger partial charge is 0.496 e. The smallest absolute Gasteiger partial charge is 0.270 e. The van der Waals surface area contributed by atoms with Crippen molar-refractivity contribution in [3.05, 3.63) is 65.7 Å². The van der Waals surface area contributed by atoms with Gasteiger partial charge in [-0.15, -0.1) is 0 Å². The molecule has 30 heavy (non-hydrogen) atoms. The van der Waals surface area contributed by atoms with Gasteiger partial charge in [-0.3, -0.25) is 9.36 Å². The second-order valence-corrected chi connectivity index (χ2v) is 7.85. The van der Waals surface area contributed by atoms with Crippen molar-refractivity contribution in [2.45, 2.75) is 45.6 Å². The Labute approximate surface area is 183 Å². The SMILES string of the molecule is CCCCC[C@H](C)NC(=O)c1cncn1-c1cccc(-c2cc(Cl)ccc2OC)c1. The lowest BCUT2D eigenvalue weighted by Gasteiger charge is -2.15. The number of benzene rings is 2. The molecular weight excluding hydrogens is 398 g/mol. The molecule has 0 aliphatic carbocycles. The average molecular weight is 426 g/mol. The number of nitrogens with one attached hydrogen (secondary N) is 1. The van der Waals surface area contributed by atoms with Gasteiger partial charge in [0, 0.05) is 22.3 Å². The van der Waals surface area contributed by atoms with Crippen LogP contribution in [0.1, 0.15) is 50.0 Å². The lowest BCUT2D eigenvalue weighted by Crippen LogP contribution is -2.33. The molecule has 3 aromatic rings. The lowest BCUT2D eigenvalue weighted by molar-refractivity contribution is 0.0931. The summed E-state index contributed by atoms with van der Waals surface area (Å²) in [5, 5.41) is 3.72. The second-order valence-electron chi connectivity index (χ2n) is 7.41. The van der Waals surface area contributed by atoms with Gasteiger partial charge in [-0.05, 0) is 49.2 Å². The summed E-state index contributed by atoms with van der Waals surface area (Å²) in [6.45, 7) is 4.22. The van der Waals surface area contributed by atoms with E-state index in [1.165, 1.54) is 12.8 Å². The summed E-state index contributed by atoms with van der Waals surface area (Å²) < 4.78 is 7.29. The van der Waals surface area contributed by atoms with Gasteiger partial charge in [-0.1, -0.05) is 49.9 Å². The molecule has 0 saturated carbocycles. The van der Waals surface area contributed by atoms with Gasteiger partial charge >= 0.3 is 0 Å². The summed E-state index contributed by atoms with van der Waals surface area (Å²) in [4.78, 5) is 17.0. The van der Waals surface area contributed by atoms with Gasteiger partial charge in [-0.2, -0.15) is 0 Å². The normalized spacial score (nSPS) is 11.9. The summed E-state index contributed by atoms with van der Waals surface area (Å²) in [7, 11) is 1.64. The fraction of sp³-hybridized carbons (Fsp3) is 0.333. The summed E-state index contributed by atoms with van der Waals surface area (Å²) in [6, 6.07) is 13.5. The number of hydrogen-bond acceptors (Lipinski definition) is 3. The van der Waals surface area contributed by atoms with E-state index in [-0.39, 0.29) is 11.9 Å². The minimum absolute atomic E-state index is 0.120. The van der Waals surface area contributed by atoms with Crippen molar-refractivity contribution in [1.82, 2.24) is 14.9 Å². The molecule has 0 bridgehead atoms. The minimum atomic E-state index is -0.123. The molecule has 0 radical (unpaired) electrons. The molecule has 0 aliphatic rings. The van der Waals surface area contributed by atoms with Gasteiger partial charge in [0.2, 0.25) is 0 Å². The number of carbonyl (C=O) groups is 1. The van der Waals surface area contributed by atoms with Crippen molar-refractivity contribution in [2.75, 3.05) is 7.11 Å². The van der Waals surface area contributed by atoms with Crippen molar-refractivity contribution in [2.24, 2.45) is 0 Å². The zero-order chi connectivity index (χ0) is 21.5. The van der Waals surface area contributed by atoms with Crippen LogP contribution in [-0.4, -0.2) is 28.6 Å². The van der Waals surface area contributed by atoms with Crippen molar-refractivity contribution in [1.29, 1.82) is 0 Å². The average Bonchev–Trinajstić information content (AvgIpc) is 3.24. The third-order valence-electron chi connectivity index (χ3n) is 5.09. The Balaban J connectivity index is 1.85. The van der Waals surface area contributed by atoms with Crippen molar-refractivity contribution < 1.29 is 9.53 Å². The number of halogens is 1. The third-order valence-corrected chi connectivity index (χ3v) is 5.32. The predicted molar refractivity (Wildman–Crippen MR) is 122 cm³/mol. The van der Waals surface area contributed by atoms with E-state index in [1.807, 2.05) is 43.3 Å². The van der Waals surface area contributed by atoms with Crippen LogP contribution in [0, 0.1) is 0 Å². The Hall–Kier alpha value is -2.79. The minimum Gasteiger partial charge on any atom is -0.496 e. The van der Waals surface area contributed by atoms with E-state index in [9.17, 15) is 4.79 Å². The molecule has 6 heteroatoms. The molecule has 0 saturated heterocycles. The predicted octanol–water partition coefficient (Wildman–Crippen LogP) is 5.90. The number of imidazole rings is 1. The van der Waals surface area contributed by atoms with Crippen LogP contribution in [0.5, 0.6) is 5.75 Å². The maximum absolute atomic E-state index is 12.8. The van der Waals surface area contributed by atoms with Crippen LogP contribution in [0.2, 0.25) is 5.02 Å². The van der Waals surface area contributed by atoms with Gasteiger partial charge < -0.3 is 10.1 Å². The molecule has 1 heterocycles. The van der Waals surface area contributed by atoms with Gasteiger partial charge in [0.25, 0.3) is 5.91 Å². The number of unbranched alkanes of at least 4 members (excludes halogenated alkanes) is 2. The van der Waals surface area contributed by atoms with Gasteiger partial charge in [0.15, 0.2) is 0 Å². The van der Waals surface area contributed by atoms with Crippen LogP contribution in [-0.2, 0) is 0 Å². The number of rotatable bonds is 9. The number of hydrogen-bond donors (Lipinski definition) is 1. The first-order valence-corrected chi connectivity index (χ1v) is 10.7. The van der Waals surface area contributed by atoms with E-state index in [4.69, 9.17) is 16.3 Å². The maximum atomic E-state index is 12.8. The molecule has 1 amide bonds. The monoisotopic (exact) mass is 425 g/mol. The highest BCUT2D eigenvalue weighted by atomic mass is 35.5. The summed E-state index contributed by atoms with van der Waals surface area (Å²) in [5.74, 6) is 0.614. The first-order valence-electron chi connectivity index (χ1n) is 10.3. The highest BCUT2D eigenvalue weighted by Gasteiger charge is 2.16. The van der Waals surface area contributed by atoms with E-state index >= 15 is 0 Å². The Morgan fingerprint density at radius 2 is 2.07 bits per heavy atom. The van der Waals surface area contributed by atoms with Crippen LogP contribution in [0.3, 0.4) is 0 Å². The zero-order valence-corrected chi connectivity index (χ0v) is 18.4. The summed E-state index contributed by atoms with van der Waals surface area (Å²) in [5.41, 5.74) is 3.19. The van der Waals surface area contributed by atoms with E-state index < -0.39 is 0 Å². The highest BCUT2D eigenvalue weighted by Crippen LogP contribution is 2.33. The molecule has 0 spiro atoms. The van der Waals surface area contributed by atoms with Gasteiger partial charge in [0.05, 0.1) is 19.6 Å². The Kier molecular flexibility index (Phi) is 7.52. The zero-order valence-electron chi connectivity index (χ0n) is 17.7. The van der Waals surface area contributed by atoms with E-state index in [1.54, 1.807) is 30.3 Å². The molecule has 0 aliphatic heterocycles. The topological polar surface area (TPSA) is 56.2 Å². The van der Waals surface area contributed by atoms with Gasteiger partial charge in [-0.25, -0.2) is 4.98 Å². The number of aromatic nitrogens is 2. The molecule has 5 nitrogen and oxygen atoms in total. The van der Waals surface area contributed by atoms with E-state index in [0.717, 1.165) is 35.4 Å². The quantitative estimate of drug-likeness (QED) is 0.434. The Morgan fingerprint density at radius 3 is 2.83 bits per heavy atom. The first kappa shape index (κ1) is 21.9. The molecule has 3 rings (SSSR count). The van der Waals surface area contributed by atoms with E-state index in [2.05, 4.69) is 17.2 Å². The first-order chi connectivity index (χ1) is 14.5. The lowest BCUT2D eigenvalue weighted by atomic mass is 10.0. The van der Waals surface area contributed by atoms with Crippen molar-refractivity contribution >= 4 is 17.5 Å². The highest BCUT2D eigenvalue weighted by molar-refractivity contribution is 6.31. The molecule has 0 fully saturated rings.